The number of carboxylic acid groups (broad SMARTS) is 1. The van der Waals surface area contributed by atoms with E-state index < -0.39 is 5.97 Å². The Morgan fingerprint density at radius 3 is 2.53 bits per heavy atom. The third kappa shape index (κ3) is 6.42. The molecule has 0 aromatic heterocycles. The monoisotopic (exact) mass is 271 g/mol. The van der Waals surface area contributed by atoms with Gasteiger partial charge in [0.15, 0.2) is 0 Å². The fraction of sp³-hybridized carbons (Fsp3) is 0.846. The first-order valence-corrected chi connectivity index (χ1v) is 6.99. The van der Waals surface area contributed by atoms with E-state index in [9.17, 15) is 9.59 Å². The molecule has 0 aromatic carbocycles. The molecule has 110 valence electrons. The number of carboxylic acids is 1. The number of rotatable bonds is 6. The van der Waals surface area contributed by atoms with Gasteiger partial charge in [0.1, 0.15) is 0 Å². The van der Waals surface area contributed by atoms with Crippen molar-refractivity contribution in [2.45, 2.75) is 39.2 Å². The fourth-order valence-corrected chi connectivity index (χ4v) is 2.33. The lowest BCUT2D eigenvalue weighted by Gasteiger charge is -2.31. The van der Waals surface area contributed by atoms with Gasteiger partial charge in [0, 0.05) is 12.6 Å². The van der Waals surface area contributed by atoms with Crippen molar-refractivity contribution >= 4 is 12.0 Å². The van der Waals surface area contributed by atoms with Gasteiger partial charge in [-0.15, -0.1) is 0 Å². The van der Waals surface area contributed by atoms with Crippen LogP contribution in [0.1, 0.15) is 33.1 Å². The number of aliphatic carboxylic acids is 1. The molecule has 1 heterocycles. The number of carbonyl (C=O) groups is 2. The second kappa shape index (κ2) is 7.99. The summed E-state index contributed by atoms with van der Waals surface area (Å²) in [7, 11) is 0. The van der Waals surface area contributed by atoms with Crippen LogP contribution in [0.25, 0.3) is 0 Å². The summed E-state index contributed by atoms with van der Waals surface area (Å²) in [5, 5.41) is 14.1. The van der Waals surface area contributed by atoms with Crippen molar-refractivity contribution < 1.29 is 14.7 Å². The van der Waals surface area contributed by atoms with Gasteiger partial charge >= 0.3 is 12.0 Å². The van der Waals surface area contributed by atoms with E-state index in [4.69, 9.17) is 5.11 Å². The number of hydrogen-bond donors (Lipinski definition) is 3. The first kappa shape index (κ1) is 15.8. The standard InChI is InChI=1S/C13H25N3O3/c1-3-16-6-4-11(5-7-16)9-14-13(19)15-10(2)8-12(17)18/h10-11H,3-9H2,1-2H3,(H,17,18)(H2,14,15,19). The van der Waals surface area contributed by atoms with Crippen molar-refractivity contribution in [1.29, 1.82) is 0 Å². The molecule has 0 spiro atoms. The Bertz CT molecular complexity index is 302. The molecule has 6 heteroatoms. The second-order valence-corrected chi connectivity index (χ2v) is 5.23. The Balaban J connectivity index is 2.15. The van der Waals surface area contributed by atoms with Crippen molar-refractivity contribution in [3.05, 3.63) is 0 Å². The molecule has 1 atom stereocenters. The van der Waals surface area contributed by atoms with Crippen LogP contribution in [-0.2, 0) is 4.79 Å². The van der Waals surface area contributed by atoms with Gasteiger partial charge in [-0.25, -0.2) is 4.79 Å². The molecule has 0 radical (unpaired) electrons. The van der Waals surface area contributed by atoms with E-state index in [0.717, 1.165) is 32.5 Å². The molecule has 2 amide bonds. The SMILES string of the molecule is CCN1CCC(CNC(=O)NC(C)CC(=O)O)CC1. The largest absolute Gasteiger partial charge is 0.481 e. The first-order chi connectivity index (χ1) is 9.01. The van der Waals surface area contributed by atoms with E-state index in [0.29, 0.717) is 12.5 Å². The topological polar surface area (TPSA) is 81.7 Å². The third-order valence-electron chi connectivity index (χ3n) is 3.56. The maximum atomic E-state index is 11.6. The number of nitrogens with zero attached hydrogens (tertiary/aromatic N) is 1. The summed E-state index contributed by atoms with van der Waals surface area (Å²) >= 11 is 0. The lowest BCUT2D eigenvalue weighted by molar-refractivity contribution is -0.137. The number of nitrogens with one attached hydrogen (secondary N) is 2. The lowest BCUT2D eigenvalue weighted by Crippen LogP contribution is -2.44. The summed E-state index contributed by atoms with van der Waals surface area (Å²) in [5.41, 5.74) is 0. The van der Waals surface area contributed by atoms with E-state index in [2.05, 4.69) is 22.5 Å². The van der Waals surface area contributed by atoms with E-state index in [-0.39, 0.29) is 18.5 Å². The van der Waals surface area contributed by atoms with Crippen molar-refractivity contribution in [1.82, 2.24) is 15.5 Å². The first-order valence-electron chi connectivity index (χ1n) is 6.99. The molecule has 0 saturated carbocycles. The zero-order chi connectivity index (χ0) is 14.3. The highest BCUT2D eigenvalue weighted by Crippen LogP contribution is 2.15. The van der Waals surface area contributed by atoms with Crippen LogP contribution in [0.3, 0.4) is 0 Å². The van der Waals surface area contributed by atoms with Crippen LogP contribution in [0, 0.1) is 5.92 Å². The number of urea groups is 1. The van der Waals surface area contributed by atoms with Crippen LogP contribution in [0.15, 0.2) is 0 Å². The molecule has 1 fully saturated rings. The molecule has 19 heavy (non-hydrogen) atoms. The third-order valence-corrected chi connectivity index (χ3v) is 3.56. The van der Waals surface area contributed by atoms with Gasteiger partial charge in [-0.05, 0) is 45.3 Å². The predicted molar refractivity (Wildman–Crippen MR) is 73.1 cm³/mol. The van der Waals surface area contributed by atoms with Crippen molar-refractivity contribution in [3.8, 4) is 0 Å². The maximum absolute atomic E-state index is 11.6. The zero-order valence-electron chi connectivity index (χ0n) is 11.8. The minimum Gasteiger partial charge on any atom is -0.481 e. The van der Waals surface area contributed by atoms with Crippen LogP contribution in [0.4, 0.5) is 4.79 Å². The molecule has 3 N–H and O–H groups in total. The molecule has 0 aromatic rings. The summed E-state index contributed by atoms with van der Waals surface area (Å²) in [6, 6.07) is -0.619. The fourth-order valence-electron chi connectivity index (χ4n) is 2.33. The summed E-state index contributed by atoms with van der Waals surface area (Å²) in [6.07, 6.45) is 2.17. The Morgan fingerprint density at radius 1 is 1.37 bits per heavy atom. The lowest BCUT2D eigenvalue weighted by atomic mass is 9.97. The smallest absolute Gasteiger partial charge is 0.315 e. The molecule has 6 nitrogen and oxygen atoms in total. The summed E-state index contributed by atoms with van der Waals surface area (Å²) in [5.74, 6) is -0.372. The summed E-state index contributed by atoms with van der Waals surface area (Å²) in [4.78, 5) is 24.5. The molecule has 1 rings (SSSR count). The number of carbonyl (C=O) groups excluding carboxylic acids is 1. The Hall–Kier alpha value is -1.30. The van der Waals surface area contributed by atoms with E-state index in [1.165, 1.54) is 0 Å². The highest BCUT2D eigenvalue weighted by molar-refractivity contribution is 5.75. The predicted octanol–water partition coefficient (Wildman–Crippen LogP) is 0.881. The second-order valence-electron chi connectivity index (χ2n) is 5.23. The average molecular weight is 271 g/mol. The summed E-state index contributed by atoms with van der Waals surface area (Å²) in [6.45, 7) is 7.81. The van der Waals surface area contributed by atoms with Gasteiger partial charge in [-0.3, -0.25) is 4.79 Å². The highest BCUT2D eigenvalue weighted by Gasteiger charge is 2.19. The van der Waals surface area contributed by atoms with Crippen LogP contribution in [-0.4, -0.2) is 54.2 Å². The van der Waals surface area contributed by atoms with E-state index in [1.807, 2.05) is 0 Å². The average Bonchev–Trinajstić information content (AvgIpc) is 2.36. The molecule has 0 aliphatic carbocycles. The number of likely N-dealkylation sites (tertiary alicyclic amines) is 1. The quantitative estimate of drug-likeness (QED) is 0.670. The molecule has 1 aliphatic heterocycles. The van der Waals surface area contributed by atoms with Crippen LogP contribution in [0.5, 0.6) is 0 Å². The molecule has 1 saturated heterocycles. The van der Waals surface area contributed by atoms with Crippen LogP contribution >= 0.6 is 0 Å². The van der Waals surface area contributed by atoms with Crippen molar-refractivity contribution in [2.24, 2.45) is 5.92 Å². The highest BCUT2D eigenvalue weighted by atomic mass is 16.4. The molecule has 1 aliphatic rings. The van der Waals surface area contributed by atoms with Gasteiger partial charge in [0.25, 0.3) is 0 Å². The Labute approximate surface area is 114 Å². The zero-order valence-corrected chi connectivity index (χ0v) is 11.8. The summed E-state index contributed by atoms with van der Waals surface area (Å²) < 4.78 is 0. The van der Waals surface area contributed by atoms with Crippen LogP contribution < -0.4 is 10.6 Å². The molecular formula is C13H25N3O3. The minimum absolute atomic E-state index is 0.0533. The van der Waals surface area contributed by atoms with Crippen LogP contribution in [0.2, 0.25) is 0 Å². The normalized spacial score (nSPS) is 18.8. The molecular weight excluding hydrogens is 246 g/mol. The van der Waals surface area contributed by atoms with E-state index >= 15 is 0 Å². The van der Waals surface area contributed by atoms with Gasteiger partial charge in [0.2, 0.25) is 0 Å². The van der Waals surface area contributed by atoms with Gasteiger partial charge in [0.05, 0.1) is 6.42 Å². The van der Waals surface area contributed by atoms with Gasteiger partial charge < -0.3 is 20.6 Å². The molecule has 1 unspecified atom stereocenters. The number of piperidine rings is 1. The molecule has 0 bridgehead atoms. The Kier molecular flexibility index (Phi) is 6.62. The Morgan fingerprint density at radius 2 is 2.00 bits per heavy atom. The van der Waals surface area contributed by atoms with Crippen molar-refractivity contribution in [2.75, 3.05) is 26.2 Å². The maximum Gasteiger partial charge on any atom is 0.315 e. The number of hydrogen-bond acceptors (Lipinski definition) is 3. The number of amides is 2. The van der Waals surface area contributed by atoms with Gasteiger partial charge in [-0.2, -0.15) is 0 Å². The van der Waals surface area contributed by atoms with Crippen molar-refractivity contribution in [3.63, 3.8) is 0 Å². The van der Waals surface area contributed by atoms with E-state index in [1.54, 1.807) is 6.92 Å². The van der Waals surface area contributed by atoms with Gasteiger partial charge in [-0.1, -0.05) is 6.92 Å². The minimum atomic E-state index is -0.903.